The summed E-state index contributed by atoms with van der Waals surface area (Å²) < 4.78 is 0. The summed E-state index contributed by atoms with van der Waals surface area (Å²) in [4.78, 5) is 1.92. The third-order valence-corrected chi connectivity index (χ3v) is 5.65. The first kappa shape index (κ1) is 12.5. The van der Waals surface area contributed by atoms with Gasteiger partial charge in [0.15, 0.2) is 0 Å². The van der Waals surface area contributed by atoms with Crippen molar-refractivity contribution in [3.05, 3.63) is 53.9 Å². The van der Waals surface area contributed by atoms with Crippen molar-refractivity contribution >= 4 is 23.7 Å². The summed E-state index contributed by atoms with van der Waals surface area (Å²) in [6.07, 6.45) is 6.20. The number of rotatable bonds is 3. The van der Waals surface area contributed by atoms with Gasteiger partial charge in [0.25, 0.3) is 0 Å². The van der Waals surface area contributed by atoms with Crippen LogP contribution in [-0.4, -0.2) is 28.4 Å². The second kappa shape index (κ2) is 5.22. The summed E-state index contributed by atoms with van der Waals surface area (Å²) in [5, 5.41) is 22.8. The van der Waals surface area contributed by atoms with Gasteiger partial charge in [-0.05, 0) is 17.5 Å². The van der Waals surface area contributed by atoms with Gasteiger partial charge >= 0.3 is 0 Å². The fourth-order valence-corrected chi connectivity index (χ4v) is 4.58. The number of aliphatic hydroxyl groups excluding tert-OH is 2. The van der Waals surface area contributed by atoms with Crippen molar-refractivity contribution in [2.24, 2.45) is 0 Å². The SMILES string of the molecule is OCN1CC=CC=C1c1cc2ccccc2p1CO. The lowest BCUT2D eigenvalue weighted by molar-refractivity contribution is 0.171. The Morgan fingerprint density at radius 3 is 2.84 bits per heavy atom. The molecule has 19 heavy (non-hydrogen) atoms. The molecule has 2 aromatic rings. The minimum atomic E-state index is -0.716. The normalized spacial score (nSPS) is 16.0. The maximum Gasteiger partial charge on any atom is 0.116 e. The molecule has 1 aliphatic rings. The Balaban J connectivity index is 2.19. The molecule has 1 aromatic carbocycles. The molecular weight excluding hydrogens is 257 g/mol. The van der Waals surface area contributed by atoms with E-state index in [-0.39, 0.29) is 13.1 Å². The Morgan fingerprint density at radius 1 is 1.21 bits per heavy atom. The molecule has 3 nitrogen and oxygen atoms in total. The lowest BCUT2D eigenvalue weighted by Crippen LogP contribution is -2.24. The molecule has 0 amide bonds. The smallest absolute Gasteiger partial charge is 0.116 e. The fourth-order valence-electron chi connectivity index (χ4n) is 2.51. The third kappa shape index (κ3) is 2.10. The van der Waals surface area contributed by atoms with Gasteiger partial charge in [0.05, 0.1) is 12.0 Å². The van der Waals surface area contributed by atoms with E-state index in [9.17, 15) is 10.2 Å². The van der Waals surface area contributed by atoms with Gasteiger partial charge < -0.3 is 15.1 Å². The van der Waals surface area contributed by atoms with Gasteiger partial charge in [0.2, 0.25) is 0 Å². The van der Waals surface area contributed by atoms with E-state index in [0.717, 1.165) is 11.0 Å². The van der Waals surface area contributed by atoms with Gasteiger partial charge in [-0.25, -0.2) is 0 Å². The predicted molar refractivity (Wildman–Crippen MR) is 79.8 cm³/mol. The van der Waals surface area contributed by atoms with Crippen LogP contribution >= 0.6 is 7.53 Å². The zero-order valence-corrected chi connectivity index (χ0v) is 11.4. The summed E-state index contributed by atoms with van der Waals surface area (Å²) in [6.45, 7) is 0.711. The van der Waals surface area contributed by atoms with Crippen molar-refractivity contribution in [1.82, 2.24) is 4.90 Å². The molecule has 3 rings (SSSR count). The maximum atomic E-state index is 9.73. The molecule has 4 heteroatoms. The molecule has 0 aliphatic carbocycles. The standard InChI is InChI=1S/C15H16NO2P/c17-10-16-8-4-3-6-13(16)15-9-12-5-1-2-7-14(12)19(15)11-18/h1-7,9,17-18H,8,10-11H2. The zero-order valence-electron chi connectivity index (χ0n) is 10.5. The monoisotopic (exact) mass is 273 g/mol. The van der Waals surface area contributed by atoms with E-state index < -0.39 is 7.53 Å². The van der Waals surface area contributed by atoms with Gasteiger partial charge in [0.1, 0.15) is 6.73 Å². The molecule has 1 aliphatic heterocycles. The second-order valence-electron chi connectivity index (χ2n) is 4.50. The molecule has 2 heterocycles. The van der Waals surface area contributed by atoms with Crippen LogP contribution in [-0.2, 0) is 6.35 Å². The van der Waals surface area contributed by atoms with Gasteiger partial charge in [-0.1, -0.05) is 44.0 Å². The number of nitrogens with zero attached hydrogens (tertiary/aromatic N) is 1. The average molecular weight is 273 g/mol. The summed E-state index contributed by atoms with van der Waals surface area (Å²) in [7, 11) is -0.716. The van der Waals surface area contributed by atoms with Crippen molar-refractivity contribution in [3.8, 4) is 0 Å². The Bertz CT molecular complexity index is 657. The minimum Gasteiger partial charge on any atom is -0.388 e. The fraction of sp³-hybridized carbons (Fsp3) is 0.200. The van der Waals surface area contributed by atoms with E-state index in [1.807, 2.05) is 35.3 Å². The maximum absolute atomic E-state index is 9.73. The number of fused-ring (bicyclic) bond motifs is 1. The summed E-state index contributed by atoms with van der Waals surface area (Å²) in [5.74, 6) is 0. The quantitative estimate of drug-likeness (QED) is 0.903. The Hall–Kier alpha value is -1.54. The molecular formula is C15H16NO2P. The molecule has 0 fully saturated rings. The molecule has 98 valence electrons. The summed E-state index contributed by atoms with van der Waals surface area (Å²) >= 11 is 0. The van der Waals surface area contributed by atoms with E-state index in [1.54, 1.807) is 0 Å². The van der Waals surface area contributed by atoms with Crippen LogP contribution < -0.4 is 0 Å². The second-order valence-corrected chi connectivity index (χ2v) is 6.60. The first-order chi connectivity index (χ1) is 9.35. The lowest BCUT2D eigenvalue weighted by atomic mass is 10.2. The molecule has 0 saturated heterocycles. The number of aliphatic hydroxyl groups is 2. The number of benzene rings is 1. The van der Waals surface area contributed by atoms with Crippen LogP contribution in [0.2, 0.25) is 0 Å². The molecule has 2 N–H and O–H groups in total. The van der Waals surface area contributed by atoms with Crippen LogP contribution in [0.25, 0.3) is 16.2 Å². The number of allylic oxidation sites excluding steroid dienone is 2. The van der Waals surface area contributed by atoms with Crippen LogP contribution in [0.1, 0.15) is 5.30 Å². The topological polar surface area (TPSA) is 43.7 Å². The van der Waals surface area contributed by atoms with E-state index in [0.29, 0.717) is 6.54 Å². The predicted octanol–water partition coefficient (Wildman–Crippen LogP) is 2.94. The first-order valence-electron chi connectivity index (χ1n) is 6.27. The molecule has 1 unspecified atom stereocenters. The molecule has 0 radical (unpaired) electrons. The first-order valence-corrected chi connectivity index (χ1v) is 7.80. The largest absolute Gasteiger partial charge is 0.388 e. The third-order valence-electron chi connectivity index (χ3n) is 3.44. The lowest BCUT2D eigenvalue weighted by Gasteiger charge is -2.26. The molecule has 1 atom stereocenters. The highest BCUT2D eigenvalue weighted by Crippen LogP contribution is 2.48. The number of hydrogen-bond donors (Lipinski definition) is 2. The molecule has 0 saturated carbocycles. The highest BCUT2D eigenvalue weighted by atomic mass is 31.1. The molecule has 0 spiro atoms. The van der Waals surface area contributed by atoms with E-state index in [4.69, 9.17) is 0 Å². The zero-order chi connectivity index (χ0) is 13.2. The van der Waals surface area contributed by atoms with Crippen molar-refractivity contribution in [2.75, 3.05) is 13.3 Å². The van der Waals surface area contributed by atoms with Crippen LogP contribution in [0.3, 0.4) is 0 Å². The highest BCUT2D eigenvalue weighted by molar-refractivity contribution is 7.56. The van der Waals surface area contributed by atoms with E-state index in [2.05, 4.69) is 18.2 Å². The van der Waals surface area contributed by atoms with Crippen LogP contribution in [0.4, 0.5) is 0 Å². The number of hydrogen-bond acceptors (Lipinski definition) is 3. The van der Waals surface area contributed by atoms with Gasteiger partial charge in [-0.2, -0.15) is 0 Å². The highest BCUT2D eigenvalue weighted by Gasteiger charge is 2.18. The van der Waals surface area contributed by atoms with Crippen LogP contribution in [0.5, 0.6) is 0 Å². The van der Waals surface area contributed by atoms with Gasteiger partial charge in [-0.3, -0.25) is 0 Å². The summed E-state index contributed by atoms with van der Waals surface area (Å²) in [6, 6.07) is 10.3. The Morgan fingerprint density at radius 2 is 2.05 bits per heavy atom. The van der Waals surface area contributed by atoms with Gasteiger partial charge in [-0.15, -0.1) is 0 Å². The Kier molecular flexibility index (Phi) is 3.43. The van der Waals surface area contributed by atoms with Crippen molar-refractivity contribution in [2.45, 2.75) is 6.35 Å². The Labute approximate surface area is 113 Å². The van der Waals surface area contributed by atoms with E-state index >= 15 is 0 Å². The summed E-state index contributed by atoms with van der Waals surface area (Å²) in [5.41, 5.74) is 1.03. The van der Waals surface area contributed by atoms with Crippen molar-refractivity contribution in [3.63, 3.8) is 0 Å². The molecule has 1 aromatic heterocycles. The molecule has 0 bridgehead atoms. The van der Waals surface area contributed by atoms with Crippen molar-refractivity contribution < 1.29 is 10.2 Å². The van der Waals surface area contributed by atoms with Crippen LogP contribution in [0.15, 0.2) is 48.6 Å². The van der Waals surface area contributed by atoms with Crippen molar-refractivity contribution in [1.29, 1.82) is 0 Å². The minimum absolute atomic E-state index is 0.00153. The average Bonchev–Trinajstić information content (AvgIpc) is 2.85. The van der Waals surface area contributed by atoms with E-state index in [1.165, 1.54) is 10.5 Å². The van der Waals surface area contributed by atoms with Crippen LogP contribution in [0, 0.1) is 0 Å². The van der Waals surface area contributed by atoms with Gasteiger partial charge in [0, 0.05) is 17.0 Å².